The van der Waals surface area contributed by atoms with E-state index in [4.69, 9.17) is 16.3 Å². The van der Waals surface area contributed by atoms with E-state index in [-0.39, 0.29) is 12.6 Å². The van der Waals surface area contributed by atoms with Crippen LogP contribution < -0.4 is 10.1 Å². The van der Waals surface area contributed by atoms with Crippen LogP contribution in [0.3, 0.4) is 0 Å². The van der Waals surface area contributed by atoms with Gasteiger partial charge in [-0.1, -0.05) is 11.6 Å². The molecule has 2 heterocycles. The fourth-order valence-electron chi connectivity index (χ4n) is 1.93. The molecule has 0 aliphatic heterocycles. The van der Waals surface area contributed by atoms with Crippen molar-refractivity contribution in [2.24, 2.45) is 0 Å². The highest BCUT2D eigenvalue weighted by Gasteiger charge is 2.12. The van der Waals surface area contributed by atoms with Crippen LogP contribution in [0.15, 0.2) is 61.1 Å². The number of ether oxygens (including phenoxy) is 1. The number of hydrogen-bond donors (Lipinski definition) is 1. The summed E-state index contributed by atoms with van der Waals surface area (Å²) in [6.45, 7) is 0.119. The molecule has 0 atom stereocenters. The molecule has 3 aromatic rings. The smallest absolute Gasteiger partial charge is 0.274 e. The molecule has 0 spiro atoms. The Morgan fingerprint density at radius 1 is 1.09 bits per heavy atom. The minimum Gasteiger partial charge on any atom is -0.471 e. The summed E-state index contributed by atoms with van der Waals surface area (Å²) < 4.78 is 7.08. The van der Waals surface area contributed by atoms with Gasteiger partial charge in [-0.3, -0.25) is 9.78 Å². The number of nitrogens with zero attached hydrogens (tertiary/aromatic N) is 3. The maximum Gasteiger partial charge on any atom is 0.274 e. The Bertz CT molecular complexity index is 787. The van der Waals surface area contributed by atoms with Crippen molar-refractivity contribution in [2.75, 3.05) is 5.32 Å². The van der Waals surface area contributed by atoms with Gasteiger partial charge in [-0.25, -0.2) is 4.68 Å². The molecular weight excluding hydrogens is 316 g/mol. The Morgan fingerprint density at radius 3 is 2.57 bits per heavy atom. The second-order valence-electron chi connectivity index (χ2n) is 4.63. The Morgan fingerprint density at radius 2 is 1.83 bits per heavy atom. The van der Waals surface area contributed by atoms with Crippen molar-refractivity contribution in [2.45, 2.75) is 6.73 Å². The number of pyridine rings is 1. The maximum atomic E-state index is 12.3. The second kappa shape index (κ2) is 6.93. The molecule has 1 amide bonds. The first kappa shape index (κ1) is 15.1. The highest BCUT2D eigenvalue weighted by Crippen LogP contribution is 2.16. The normalized spacial score (nSPS) is 10.3. The average Bonchev–Trinajstić information content (AvgIpc) is 3.04. The highest BCUT2D eigenvalue weighted by molar-refractivity contribution is 6.30. The number of nitrogens with one attached hydrogen (secondary N) is 1. The van der Waals surface area contributed by atoms with E-state index >= 15 is 0 Å². The van der Waals surface area contributed by atoms with E-state index in [1.54, 1.807) is 61.1 Å². The second-order valence-corrected chi connectivity index (χ2v) is 5.07. The van der Waals surface area contributed by atoms with Gasteiger partial charge >= 0.3 is 0 Å². The number of anilines is 1. The van der Waals surface area contributed by atoms with Gasteiger partial charge in [0.25, 0.3) is 5.91 Å². The van der Waals surface area contributed by atoms with Gasteiger partial charge in [-0.15, -0.1) is 0 Å². The summed E-state index contributed by atoms with van der Waals surface area (Å²) in [4.78, 5) is 16.2. The largest absolute Gasteiger partial charge is 0.471 e. The van der Waals surface area contributed by atoms with E-state index in [2.05, 4.69) is 15.4 Å². The minimum atomic E-state index is -0.270. The predicted octanol–water partition coefficient (Wildman–Crippen LogP) is 3.22. The molecule has 0 fully saturated rings. The average molecular weight is 329 g/mol. The van der Waals surface area contributed by atoms with E-state index < -0.39 is 0 Å². The zero-order valence-corrected chi connectivity index (χ0v) is 12.8. The number of hydrogen-bond acceptors (Lipinski definition) is 4. The lowest BCUT2D eigenvalue weighted by atomic mass is 10.3. The third-order valence-corrected chi connectivity index (χ3v) is 3.31. The lowest BCUT2D eigenvalue weighted by Crippen LogP contribution is -2.19. The third-order valence-electron chi connectivity index (χ3n) is 3.05. The van der Waals surface area contributed by atoms with Crippen molar-refractivity contribution in [1.82, 2.24) is 14.8 Å². The van der Waals surface area contributed by atoms with Crippen LogP contribution in [0.5, 0.6) is 5.75 Å². The summed E-state index contributed by atoms with van der Waals surface area (Å²) in [5.74, 6) is 0.374. The fourth-order valence-corrected chi connectivity index (χ4v) is 2.05. The van der Waals surface area contributed by atoms with E-state index in [1.165, 1.54) is 4.68 Å². The fraction of sp³-hybridized carbons (Fsp3) is 0.0625. The molecule has 3 rings (SSSR count). The number of aromatic nitrogens is 3. The summed E-state index contributed by atoms with van der Waals surface area (Å²) in [7, 11) is 0. The molecule has 6 nitrogen and oxygen atoms in total. The lowest BCUT2D eigenvalue weighted by Gasteiger charge is -2.10. The van der Waals surface area contributed by atoms with Gasteiger partial charge in [0.1, 0.15) is 11.4 Å². The Balaban J connectivity index is 1.67. The molecule has 7 heteroatoms. The van der Waals surface area contributed by atoms with Crippen LogP contribution in [-0.2, 0) is 6.73 Å². The van der Waals surface area contributed by atoms with Gasteiger partial charge in [-0.05, 0) is 42.5 Å². The molecule has 23 heavy (non-hydrogen) atoms. The molecule has 0 aliphatic rings. The molecule has 2 aromatic heterocycles. The molecule has 0 saturated carbocycles. The number of amides is 1. The third kappa shape index (κ3) is 3.87. The number of carbonyl (C=O) groups excluding carboxylic acids is 1. The SMILES string of the molecule is O=C(Nc1ccncc1)c1ccnn1COc1ccc(Cl)cc1. The van der Waals surface area contributed by atoms with Crippen LogP contribution in [0.25, 0.3) is 0 Å². The van der Waals surface area contributed by atoms with E-state index in [9.17, 15) is 4.79 Å². The molecule has 0 bridgehead atoms. The van der Waals surface area contributed by atoms with Crippen LogP contribution in [-0.4, -0.2) is 20.7 Å². The predicted molar refractivity (Wildman–Crippen MR) is 86.5 cm³/mol. The van der Waals surface area contributed by atoms with Crippen LogP contribution in [0.1, 0.15) is 10.5 Å². The van der Waals surface area contributed by atoms with Gasteiger partial charge in [0, 0.05) is 29.3 Å². The quantitative estimate of drug-likeness (QED) is 0.780. The summed E-state index contributed by atoms with van der Waals surface area (Å²) >= 11 is 5.82. The molecule has 0 aliphatic carbocycles. The molecule has 1 N–H and O–H groups in total. The van der Waals surface area contributed by atoms with Crippen LogP contribution >= 0.6 is 11.6 Å². The molecule has 0 saturated heterocycles. The maximum absolute atomic E-state index is 12.3. The molecule has 116 valence electrons. The summed E-state index contributed by atoms with van der Waals surface area (Å²) in [6.07, 6.45) is 4.76. The van der Waals surface area contributed by atoms with E-state index in [0.717, 1.165) is 0 Å². The van der Waals surface area contributed by atoms with Crippen molar-refractivity contribution >= 4 is 23.2 Å². The van der Waals surface area contributed by atoms with Crippen LogP contribution in [0.4, 0.5) is 5.69 Å². The number of carbonyl (C=O) groups is 1. The van der Waals surface area contributed by atoms with E-state index in [0.29, 0.717) is 22.2 Å². The summed E-state index contributed by atoms with van der Waals surface area (Å²) in [5.41, 5.74) is 1.06. The standard InChI is InChI=1S/C16H13ClN4O2/c17-12-1-3-14(4-2-12)23-11-21-15(7-10-19-21)16(22)20-13-5-8-18-9-6-13/h1-10H,11H2,(H,18,20,22). The van der Waals surface area contributed by atoms with Crippen molar-refractivity contribution in [3.63, 3.8) is 0 Å². The number of benzene rings is 1. The summed E-state index contributed by atoms with van der Waals surface area (Å²) in [5, 5.41) is 7.51. The van der Waals surface area contributed by atoms with Gasteiger partial charge in [0.15, 0.2) is 6.73 Å². The molecular formula is C16H13ClN4O2. The zero-order chi connectivity index (χ0) is 16.1. The number of rotatable bonds is 5. The first-order valence-corrected chi connectivity index (χ1v) is 7.22. The van der Waals surface area contributed by atoms with Crippen LogP contribution in [0, 0.1) is 0 Å². The first-order valence-electron chi connectivity index (χ1n) is 6.84. The minimum absolute atomic E-state index is 0.119. The topological polar surface area (TPSA) is 69.0 Å². The van der Waals surface area contributed by atoms with E-state index in [1.807, 2.05) is 0 Å². The van der Waals surface area contributed by atoms with Crippen molar-refractivity contribution in [1.29, 1.82) is 0 Å². The lowest BCUT2D eigenvalue weighted by molar-refractivity contribution is 0.100. The Kier molecular flexibility index (Phi) is 4.54. The highest BCUT2D eigenvalue weighted by atomic mass is 35.5. The molecule has 1 aromatic carbocycles. The number of halogens is 1. The van der Waals surface area contributed by atoms with Crippen molar-refractivity contribution < 1.29 is 9.53 Å². The Hall–Kier alpha value is -2.86. The van der Waals surface area contributed by atoms with Gasteiger partial charge in [-0.2, -0.15) is 5.10 Å². The Labute approximate surface area is 137 Å². The van der Waals surface area contributed by atoms with Crippen molar-refractivity contribution in [3.8, 4) is 5.75 Å². The van der Waals surface area contributed by atoms with Gasteiger partial charge in [0.05, 0.1) is 0 Å². The summed E-state index contributed by atoms with van der Waals surface area (Å²) in [6, 6.07) is 12.0. The van der Waals surface area contributed by atoms with Crippen LogP contribution in [0.2, 0.25) is 5.02 Å². The monoisotopic (exact) mass is 328 g/mol. The van der Waals surface area contributed by atoms with Crippen molar-refractivity contribution in [3.05, 3.63) is 71.8 Å². The molecule has 0 radical (unpaired) electrons. The van der Waals surface area contributed by atoms with Gasteiger partial charge in [0.2, 0.25) is 0 Å². The first-order chi connectivity index (χ1) is 11.2. The molecule has 0 unspecified atom stereocenters. The zero-order valence-electron chi connectivity index (χ0n) is 12.0. The van der Waals surface area contributed by atoms with Gasteiger partial charge < -0.3 is 10.1 Å².